The summed E-state index contributed by atoms with van der Waals surface area (Å²) in [7, 11) is 0. The molecule has 1 aromatic rings. The second kappa shape index (κ2) is 4.52. The van der Waals surface area contributed by atoms with Crippen LogP contribution in [-0.4, -0.2) is 26.2 Å². The van der Waals surface area contributed by atoms with Crippen molar-refractivity contribution in [3.05, 3.63) is 11.4 Å². The average molecular weight is 198 g/mol. The van der Waals surface area contributed by atoms with E-state index < -0.39 is 6.10 Å². The Bertz CT molecular complexity index is 293. The molecule has 1 rings (SSSR count). The van der Waals surface area contributed by atoms with Crippen LogP contribution in [0.15, 0.2) is 0 Å². The van der Waals surface area contributed by atoms with Crippen LogP contribution in [0.3, 0.4) is 0 Å². The van der Waals surface area contributed by atoms with Crippen molar-refractivity contribution >= 4 is 0 Å². The summed E-state index contributed by atoms with van der Waals surface area (Å²) >= 11 is 0. The van der Waals surface area contributed by atoms with E-state index in [4.69, 9.17) is 5.73 Å². The van der Waals surface area contributed by atoms with Gasteiger partial charge in [0.2, 0.25) is 0 Å². The van der Waals surface area contributed by atoms with Gasteiger partial charge in [-0.3, -0.25) is 0 Å². The van der Waals surface area contributed by atoms with E-state index in [0.29, 0.717) is 19.0 Å². The van der Waals surface area contributed by atoms with Crippen molar-refractivity contribution in [2.75, 3.05) is 0 Å². The molecule has 0 bridgehead atoms. The fourth-order valence-electron chi connectivity index (χ4n) is 1.52. The first kappa shape index (κ1) is 11.1. The fraction of sp³-hybridized carbons (Fsp3) is 0.778. The van der Waals surface area contributed by atoms with E-state index in [1.165, 1.54) is 0 Å². The molecular formula is C9H18N4O. The quantitative estimate of drug-likeness (QED) is 0.726. The number of aromatic nitrogens is 3. The summed E-state index contributed by atoms with van der Waals surface area (Å²) in [4.78, 5) is 0. The average Bonchev–Trinajstić information content (AvgIpc) is 2.46. The van der Waals surface area contributed by atoms with Gasteiger partial charge in [0.05, 0.1) is 24.0 Å². The SMILES string of the molecule is CC(O)Cn1nnc(CN)c1C(C)C. The Morgan fingerprint density at radius 3 is 2.50 bits per heavy atom. The van der Waals surface area contributed by atoms with Gasteiger partial charge in [-0.05, 0) is 12.8 Å². The summed E-state index contributed by atoms with van der Waals surface area (Å²) in [6.45, 7) is 6.73. The van der Waals surface area contributed by atoms with E-state index in [-0.39, 0.29) is 0 Å². The van der Waals surface area contributed by atoms with Gasteiger partial charge in [-0.15, -0.1) is 5.10 Å². The minimum Gasteiger partial charge on any atom is -0.391 e. The second-order valence-electron chi connectivity index (χ2n) is 3.81. The minimum atomic E-state index is -0.417. The molecule has 3 N–H and O–H groups in total. The molecule has 5 heteroatoms. The summed E-state index contributed by atoms with van der Waals surface area (Å²) in [5, 5.41) is 17.2. The number of aliphatic hydroxyl groups excluding tert-OH is 1. The Balaban J connectivity index is 2.98. The van der Waals surface area contributed by atoms with Gasteiger partial charge in [-0.25, -0.2) is 4.68 Å². The van der Waals surface area contributed by atoms with Crippen molar-refractivity contribution in [2.45, 2.75) is 45.9 Å². The summed E-state index contributed by atoms with van der Waals surface area (Å²) in [5.74, 6) is 0.322. The molecule has 80 valence electrons. The summed E-state index contributed by atoms with van der Waals surface area (Å²) in [6, 6.07) is 0. The third kappa shape index (κ3) is 2.30. The molecule has 0 aromatic carbocycles. The number of hydrogen-bond donors (Lipinski definition) is 2. The van der Waals surface area contributed by atoms with Gasteiger partial charge in [0.1, 0.15) is 0 Å². The monoisotopic (exact) mass is 198 g/mol. The maximum Gasteiger partial charge on any atom is 0.0997 e. The fourth-order valence-corrected chi connectivity index (χ4v) is 1.52. The Morgan fingerprint density at radius 1 is 1.43 bits per heavy atom. The summed E-state index contributed by atoms with van der Waals surface area (Å²) in [5.41, 5.74) is 7.40. The van der Waals surface area contributed by atoms with Gasteiger partial charge in [0.25, 0.3) is 0 Å². The molecule has 0 aliphatic heterocycles. The lowest BCUT2D eigenvalue weighted by atomic mass is 10.1. The van der Waals surface area contributed by atoms with Gasteiger partial charge in [0.15, 0.2) is 0 Å². The molecule has 14 heavy (non-hydrogen) atoms. The summed E-state index contributed by atoms with van der Waals surface area (Å²) < 4.78 is 1.73. The van der Waals surface area contributed by atoms with Crippen LogP contribution in [0.25, 0.3) is 0 Å². The highest BCUT2D eigenvalue weighted by Crippen LogP contribution is 2.17. The molecule has 0 radical (unpaired) electrons. The Morgan fingerprint density at radius 2 is 2.07 bits per heavy atom. The zero-order valence-electron chi connectivity index (χ0n) is 8.94. The first-order chi connectivity index (χ1) is 6.56. The minimum absolute atomic E-state index is 0.322. The molecule has 0 amide bonds. The lowest BCUT2D eigenvalue weighted by molar-refractivity contribution is 0.165. The molecule has 5 nitrogen and oxygen atoms in total. The third-order valence-corrected chi connectivity index (χ3v) is 2.02. The van der Waals surface area contributed by atoms with Crippen LogP contribution in [0.4, 0.5) is 0 Å². The Hall–Kier alpha value is -0.940. The molecule has 0 saturated heterocycles. The van der Waals surface area contributed by atoms with Crippen molar-refractivity contribution in [3.8, 4) is 0 Å². The zero-order chi connectivity index (χ0) is 10.7. The largest absolute Gasteiger partial charge is 0.391 e. The molecule has 0 aliphatic rings. The van der Waals surface area contributed by atoms with Crippen molar-refractivity contribution in [1.29, 1.82) is 0 Å². The highest BCUT2D eigenvalue weighted by atomic mass is 16.3. The van der Waals surface area contributed by atoms with E-state index in [1.807, 2.05) is 0 Å². The van der Waals surface area contributed by atoms with Crippen LogP contribution in [-0.2, 0) is 13.1 Å². The summed E-state index contributed by atoms with van der Waals surface area (Å²) in [6.07, 6.45) is -0.417. The van der Waals surface area contributed by atoms with E-state index in [0.717, 1.165) is 11.4 Å². The molecule has 1 unspecified atom stereocenters. The van der Waals surface area contributed by atoms with Crippen LogP contribution in [0, 0.1) is 0 Å². The van der Waals surface area contributed by atoms with Gasteiger partial charge in [0, 0.05) is 6.54 Å². The van der Waals surface area contributed by atoms with Crippen LogP contribution in [0.2, 0.25) is 0 Å². The standard InChI is InChI=1S/C9H18N4O/c1-6(2)9-8(4-10)11-12-13(9)5-7(3)14/h6-7,14H,4-5,10H2,1-3H3. The van der Waals surface area contributed by atoms with Gasteiger partial charge in [-0.1, -0.05) is 19.1 Å². The predicted molar refractivity (Wildman–Crippen MR) is 53.7 cm³/mol. The smallest absolute Gasteiger partial charge is 0.0997 e. The molecule has 1 heterocycles. The first-order valence-corrected chi connectivity index (χ1v) is 4.86. The molecular weight excluding hydrogens is 180 g/mol. The van der Waals surface area contributed by atoms with E-state index >= 15 is 0 Å². The maximum atomic E-state index is 9.27. The maximum absolute atomic E-state index is 9.27. The van der Waals surface area contributed by atoms with Gasteiger partial charge < -0.3 is 10.8 Å². The topological polar surface area (TPSA) is 77.0 Å². The van der Waals surface area contributed by atoms with Crippen molar-refractivity contribution in [2.24, 2.45) is 5.73 Å². The van der Waals surface area contributed by atoms with E-state index in [1.54, 1.807) is 11.6 Å². The Labute approximate surface area is 83.9 Å². The highest BCUT2D eigenvalue weighted by molar-refractivity contribution is 5.13. The van der Waals surface area contributed by atoms with Gasteiger partial charge in [-0.2, -0.15) is 0 Å². The van der Waals surface area contributed by atoms with Crippen LogP contribution >= 0.6 is 0 Å². The number of hydrogen-bond acceptors (Lipinski definition) is 4. The van der Waals surface area contributed by atoms with Crippen molar-refractivity contribution in [1.82, 2.24) is 15.0 Å². The highest BCUT2D eigenvalue weighted by Gasteiger charge is 2.15. The molecule has 0 spiro atoms. The first-order valence-electron chi connectivity index (χ1n) is 4.86. The molecule has 1 aromatic heterocycles. The molecule has 0 saturated carbocycles. The molecule has 0 fully saturated rings. The number of rotatable bonds is 4. The molecule has 0 aliphatic carbocycles. The lowest BCUT2D eigenvalue weighted by Crippen LogP contribution is -2.17. The third-order valence-electron chi connectivity index (χ3n) is 2.02. The van der Waals surface area contributed by atoms with E-state index in [9.17, 15) is 5.11 Å². The van der Waals surface area contributed by atoms with Crippen LogP contribution in [0.1, 0.15) is 38.1 Å². The van der Waals surface area contributed by atoms with Crippen molar-refractivity contribution in [3.63, 3.8) is 0 Å². The predicted octanol–water partition coefficient (Wildman–Crippen LogP) is 0.241. The normalized spacial score (nSPS) is 13.6. The lowest BCUT2D eigenvalue weighted by Gasteiger charge is -2.11. The molecule has 1 atom stereocenters. The number of nitrogens with two attached hydrogens (primary N) is 1. The second-order valence-corrected chi connectivity index (χ2v) is 3.81. The number of aliphatic hydroxyl groups is 1. The zero-order valence-corrected chi connectivity index (χ0v) is 8.94. The number of nitrogens with zero attached hydrogens (tertiary/aromatic N) is 3. The van der Waals surface area contributed by atoms with Crippen LogP contribution in [0.5, 0.6) is 0 Å². The van der Waals surface area contributed by atoms with Crippen molar-refractivity contribution < 1.29 is 5.11 Å². The van der Waals surface area contributed by atoms with Crippen LogP contribution < -0.4 is 5.73 Å². The van der Waals surface area contributed by atoms with Gasteiger partial charge >= 0.3 is 0 Å². The van der Waals surface area contributed by atoms with E-state index in [2.05, 4.69) is 24.2 Å². The Kier molecular flexibility index (Phi) is 3.60.